The second-order valence-corrected chi connectivity index (χ2v) is 4.79. The minimum absolute atomic E-state index is 0.196. The van der Waals surface area contributed by atoms with E-state index in [2.05, 4.69) is 14.8 Å². The number of nitrogens with zero attached hydrogens (tertiary/aromatic N) is 3. The molecule has 80 valence electrons. The van der Waals surface area contributed by atoms with Crippen molar-refractivity contribution in [2.45, 2.75) is 10.8 Å². The van der Waals surface area contributed by atoms with Gasteiger partial charge in [0, 0.05) is 0 Å². The van der Waals surface area contributed by atoms with E-state index < -0.39 is 0 Å². The summed E-state index contributed by atoms with van der Waals surface area (Å²) in [5.41, 5.74) is 0.688. The number of aromatic nitrogens is 3. The van der Waals surface area contributed by atoms with Crippen LogP contribution in [0.25, 0.3) is 4.96 Å². The lowest BCUT2D eigenvalue weighted by molar-refractivity contribution is -0.139. The summed E-state index contributed by atoms with van der Waals surface area (Å²) in [6.45, 7) is 0. The molecule has 0 saturated carbocycles. The van der Waals surface area contributed by atoms with Crippen molar-refractivity contribution < 1.29 is 9.53 Å². The normalized spacial score (nSPS) is 10.8. The van der Waals surface area contributed by atoms with Crippen molar-refractivity contribution in [2.75, 3.05) is 13.4 Å². The van der Waals surface area contributed by atoms with Crippen molar-refractivity contribution in [3.63, 3.8) is 0 Å². The minimum Gasteiger partial charge on any atom is -0.469 e. The molecule has 0 aliphatic rings. The van der Waals surface area contributed by atoms with E-state index in [9.17, 15) is 4.79 Å². The molecule has 2 rings (SSSR count). The standard InChI is InChI=1S/C8H9N3O2S2/c1-13-6(12)3-5-4-11-7(9-5)15-8(10-11)14-2/h4H,3H2,1-2H3. The molecule has 0 aliphatic heterocycles. The van der Waals surface area contributed by atoms with Gasteiger partial charge in [0.25, 0.3) is 0 Å². The van der Waals surface area contributed by atoms with E-state index in [0.29, 0.717) is 5.69 Å². The zero-order valence-corrected chi connectivity index (χ0v) is 9.89. The fourth-order valence-electron chi connectivity index (χ4n) is 1.11. The number of hydrogen-bond acceptors (Lipinski definition) is 6. The van der Waals surface area contributed by atoms with Crippen LogP contribution in [0, 0.1) is 0 Å². The van der Waals surface area contributed by atoms with E-state index >= 15 is 0 Å². The van der Waals surface area contributed by atoms with Crippen molar-refractivity contribution in [1.82, 2.24) is 14.6 Å². The van der Waals surface area contributed by atoms with Gasteiger partial charge in [-0.1, -0.05) is 23.1 Å². The topological polar surface area (TPSA) is 56.5 Å². The minimum atomic E-state index is -0.286. The lowest BCUT2D eigenvalue weighted by atomic mass is 10.3. The second kappa shape index (κ2) is 4.19. The molecule has 7 heteroatoms. The summed E-state index contributed by atoms with van der Waals surface area (Å²) in [7, 11) is 1.37. The van der Waals surface area contributed by atoms with Gasteiger partial charge in [0.1, 0.15) is 0 Å². The van der Waals surface area contributed by atoms with Crippen LogP contribution in [0.4, 0.5) is 0 Å². The smallest absolute Gasteiger partial charge is 0.311 e. The van der Waals surface area contributed by atoms with Gasteiger partial charge in [0.2, 0.25) is 4.96 Å². The molecule has 5 nitrogen and oxygen atoms in total. The van der Waals surface area contributed by atoms with Gasteiger partial charge < -0.3 is 4.74 Å². The quantitative estimate of drug-likeness (QED) is 0.599. The molecule has 0 fully saturated rings. The summed E-state index contributed by atoms with van der Waals surface area (Å²) in [4.78, 5) is 16.1. The largest absolute Gasteiger partial charge is 0.469 e. The Morgan fingerprint density at radius 3 is 3.13 bits per heavy atom. The first-order chi connectivity index (χ1) is 7.22. The Bertz CT molecular complexity index is 459. The van der Waals surface area contributed by atoms with Gasteiger partial charge in [-0.05, 0) is 6.26 Å². The number of esters is 1. The van der Waals surface area contributed by atoms with Crippen LogP contribution in [0.15, 0.2) is 10.5 Å². The predicted octanol–water partition coefficient (Wildman–Crippen LogP) is 1.23. The van der Waals surface area contributed by atoms with Crippen molar-refractivity contribution in [3.8, 4) is 0 Å². The number of thioether (sulfide) groups is 1. The molecular formula is C8H9N3O2S2. The number of fused-ring (bicyclic) bond motifs is 1. The maximum absolute atomic E-state index is 11.0. The SMILES string of the molecule is COC(=O)Cc1cn2nc(SC)sc2n1. The van der Waals surface area contributed by atoms with Gasteiger partial charge in [0.15, 0.2) is 4.34 Å². The molecule has 0 unspecified atom stereocenters. The van der Waals surface area contributed by atoms with Crippen LogP contribution in [-0.4, -0.2) is 33.9 Å². The van der Waals surface area contributed by atoms with E-state index in [1.807, 2.05) is 6.26 Å². The van der Waals surface area contributed by atoms with Crippen LogP contribution in [-0.2, 0) is 16.0 Å². The van der Waals surface area contributed by atoms with Gasteiger partial charge in [-0.2, -0.15) is 0 Å². The molecule has 0 bridgehead atoms. The Hall–Kier alpha value is -1.08. The average Bonchev–Trinajstić information content (AvgIpc) is 2.74. The number of ether oxygens (including phenoxy) is 1. The Balaban J connectivity index is 2.24. The highest BCUT2D eigenvalue weighted by Gasteiger charge is 2.10. The van der Waals surface area contributed by atoms with Gasteiger partial charge in [-0.25, -0.2) is 9.50 Å². The van der Waals surface area contributed by atoms with Crippen molar-refractivity contribution >= 4 is 34.0 Å². The number of carbonyl (C=O) groups excluding carboxylic acids is 1. The van der Waals surface area contributed by atoms with E-state index in [-0.39, 0.29) is 12.4 Å². The first-order valence-electron chi connectivity index (χ1n) is 4.19. The first kappa shape index (κ1) is 10.4. The zero-order valence-electron chi connectivity index (χ0n) is 8.26. The van der Waals surface area contributed by atoms with Crippen molar-refractivity contribution in [1.29, 1.82) is 0 Å². The Morgan fingerprint density at radius 1 is 1.73 bits per heavy atom. The highest BCUT2D eigenvalue weighted by atomic mass is 32.2. The van der Waals surface area contributed by atoms with Gasteiger partial charge in [-0.3, -0.25) is 4.79 Å². The Labute approximate surface area is 94.5 Å². The monoisotopic (exact) mass is 243 g/mol. The molecule has 2 aromatic rings. The van der Waals surface area contributed by atoms with Crippen LogP contribution in [0.1, 0.15) is 5.69 Å². The highest BCUT2D eigenvalue weighted by Crippen LogP contribution is 2.22. The summed E-state index contributed by atoms with van der Waals surface area (Å²) in [5, 5.41) is 4.27. The third-order valence-corrected chi connectivity index (χ3v) is 3.70. The molecule has 0 saturated heterocycles. The van der Waals surface area contributed by atoms with Crippen LogP contribution in [0.5, 0.6) is 0 Å². The summed E-state index contributed by atoms with van der Waals surface area (Å²) < 4.78 is 7.21. The van der Waals surface area contributed by atoms with Crippen LogP contribution in [0.2, 0.25) is 0 Å². The van der Waals surface area contributed by atoms with E-state index in [4.69, 9.17) is 0 Å². The molecule has 0 amide bonds. The molecule has 0 spiro atoms. The van der Waals surface area contributed by atoms with Crippen LogP contribution >= 0.6 is 23.1 Å². The third-order valence-electron chi connectivity index (χ3n) is 1.80. The molecule has 2 heterocycles. The third kappa shape index (κ3) is 2.13. The lowest BCUT2D eigenvalue weighted by Crippen LogP contribution is -2.04. The number of rotatable bonds is 3. The molecule has 0 N–H and O–H groups in total. The summed E-state index contributed by atoms with van der Waals surface area (Å²) in [5.74, 6) is -0.286. The predicted molar refractivity (Wildman–Crippen MR) is 58.4 cm³/mol. The number of hydrogen-bond donors (Lipinski definition) is 0. The molecule has 2 aromatic heterocycles. The fraction of sp³-hybridized carbons (Fsp3) is 0.375. The van der Waals surface area contributed by atoms with Gasteiger partial charge >= 0.3 is 5.97 Å². The van der Waals surface area contributed by atoms with E-state index in [0.717, 1.165) is 9.30 Å². The fourth-order valence-corrected chi connectivity index (χ4v) is 2.48. The molecule has 0 radical (unpaired) electrons. The maximum Gasteiger partial charge on any atom is 0.311 e. The second-order valence-electron chi connectivity index (χ2n) is 2.78. The average molecular weight is 243 g/mol. The number of carbonyl (C=O) groups is 1. The molecule has 0 atom stereocenters. The Kier molecular flexibility index (Phi) is 2.92. The Morgan fingerprint density at radius 2 is 2.53 bits per heavy atom. The van der Waals surface area contributed by atoms with Crippen molar-refractivity contribution in [2.24, 2.45) is 0 Å². The first-order valence-corrected chi connectivity index (χ1v) is 6.23. The lowest BCUT2D eigenvalue weighted by Gasteiger charge is -1.93. The molecular weight excluding hydrogens is 234 g/mol. The molecule has 0 aliphatic carbocycles. The number of methoxy groups -OCH3 is 1. The van der Waals surface area contributed by atoms with E-state index in [1.165, 1.54) is 18.4 Å². The summed E-state index contributed by atoms with van der Waals surface area (Å²) >= 11 is 3.08. The summed E-state index contributed by atoms with van der Waals surface area (Å²) in [6, 6.07) is 0. The van der Waals surface area contributed by atoms with Crippen LogP contribution < -0.4 is 0 Å². The zero-order chi connectivity index (χ0) is 10.8. The van der Waals surface area contributed by atoms with E-state index in [1.54, 1.807) is 22.5 Å². The molecule has 15 heavy (non-hydrogen) atoms. The summed E-state index contributed by atoms with van der Waals surface area (Å²) in [6.07, 6.45) is 3.91. The maximum atomic E-state index is 11.0. The van der Waals surface area contributed by atoms with Crippen LogP contribution in [0.3, 0.4) is 0 Å². The highest BCUT2D eigenvalue weighted by molar-refractivity contribution is 8.00. The number of imidazole rings is 1. The van der Waals surface area contributed by atoms with Gasteiger partial charge in [0.05, 0.1) is 25.4 Å². The molecule has 0 aromatic carbocycles. The van der Waals surface area contributed by atoms with Gasteiger partial charge in [-0.15, -0.1) is 5.10 Å². The van der Waals surface area contributed by atoms with Crippen molar-refractivity contribution in [3.05, 3.63) is 11.9 Å².